The molecule has 2 heterocycles. The molecule has 1 atom stereocenters. The SMILES string of the molecule is Cc1cc([N+](=O)[O-])ccc1-n1cc(C(NC(=O)C2CCNCC2)C(=O)O)c2ccccc21. The molecule has 0 bridgehead atoms. The number of aliphatic carboxylic acids is 1. The minimum absolute atomic E-state index is 0.0133. The monoisotopic (exact) mass is 436 g/mol. The maximum Gasteiger partial charge on any atom is 0.330 e. The number of aryl methyl sites for hydroxylation is 1. The van der Waals surface area contributed by atoms with Crippen LogP contribution in [0.4, 0.5) is 5.69 Å². The predicted molar refractivity (Wildman–Crippen MR) is 119 cm³/mol. The number of carboxylic acid groups (broad SMARTS) is 1. The molecule has 3 aromatic rings. The van der Waals surface area contributed by atoms with Gasteiger partial charge in [-0.25, -0.2) is 4.79 Å². The van der Waals surface area contributed by atoms with Gasteiger partial charge in [0.15, 0.2) is 6.04 Å². The van der Waals surface area contributed by atoms with Crippen LogP contribution in [0.25, 0.3) is 16.6 Å². The topological polar surface area (TPSA) is 127 Å². The quantitative estimate of drug-likeness (QED) is 0.403. The summed E-state index contributed by atoms with van der Waals surface area (Å²) in [5, 5.41) is 27.7. The molecular weight excluding hydrogens is 412 g/mol. The molecule has 1 fully saturated rings. The van der Waals surface area contributed by atoms with E-state index in [9.17, 15) is 24.8 Å². The molecule has 9 nitrogen and oxygen atoms in total. The molecule has 1 aromatic heterocycles. The van der Waals surface area contributed by atoms with Gasteiger partial charge in [0.25, 0.3) is 5.69 Å². The van der Waals surface area contributed by atoms with Gasteiger partial charge in [-0.2, -0.15) is 0 Å². The number of amides is 1. The number of carboxylic acids is 1. The minimum atomic E-state index is -1.21. The van der Waals surface area contributed by atoms with Crippen molar-refractivity contribution >= 4 is 28.5 Å². The van der Waals surface area contributed by atoms with E-state index in [0.717, 1.165) is 18.6 Å². The number of para-hydroxylation sites is 1. The van der Waals surface area contributed by atoms with Gasteiger partial charge in [-0.05, 0) is 50.6 Å². The lowest BCUT2D eigenvalue weighted by Crippen LogP contribution is -2.41. The number of fused-ring (bicyclic) bond motifs is 1. The number of aromatic nitrogens is 1. The fraction of sp³-hybridized carbons (Fsp3) is 0.304. The first-order chi connectivity index (χ1) is 15.4. The normalized spacial score (nSPS) is 15.4. The van der Waals surface area contributed by atoms with Crippen LogP contribution in [-0.2, 0) is 9.59 Å². The smallest absolute Gasteiger partial charge is 0.330 e. The van der Waals surface area contributed by atoms with E-state index in [-0.39, 0.29) is 17.5 Å². The third-order valence-electron chi connectivity index (χ3n) is 5.95. The molecule has 9 heteroatoms. The fourth-order valence-corrected chi connectivity index (χ4v) is 4.28. The summed E-state index contributed by atoms with van der Waals surface area (Å²) in [5.74, 6) is -1.62. The molecule has 1 unspecified atom stereocenters. The highest BCUT2D eigenvalue weighted by molar-refractivity contribution is 5.93. The van der Waals surface area contributed by atoms with Crippen LogP contribution in [0.3, 0.4) is 0 Å². The highest BCUT2D eigenvalue weighted by Crippen LogP contribution is 2.32. The molecule has 2 aromatic carbocycles. The number of carbonyl (C=O) groups excluding carboxylic acids is 1. The minimum Gasteiger partial charge on any atom is -0.479 e. The van der Waals surface area contributed by atoms with Gasteiger partial charge in [0.1, 0.15) is 0 Å². The van der Waals surface area contributed by atoms with Crippen LogP contribution in [0.2, 0.25) is 0 Å². The van der Waals surface area contributed by atoms with Crippen molar-refractivity contribution in [1.29, 1.82) is 0 Å². The van der Waals surface area contributed by atoms with Gasteiger partial charge in [0.05, 0.1) is 10.4 Å². The maximum atomic E-state index is 12.8. The van der Waals surface area contributed by atoms with Gasteiger partial charge < -0.3 is 20.3 Å². The number of rotatable bonds is 6. The summed E-state index contributed by atoms with van der Waals surface area (Å²) in [6.07, 6.45) is 3.03. The molecule has 32 heavy (non-hydrogen) atoms. The number of piperidine rings is 1. The Morgan fingerprint density at radius 2 is 1.94 bits per heavy atom. The number of nitrogens with one attached hydrogen (secondary N) is 2. The first-order valence-electron chi connectivity index (χ1n) is 10.5. The summed E-state index contributed by atoms with van der Waals surface area (Å²) >= 11 is 0. The number of nitro benzene ring substituents is 1. The van der Waals surface area contributed by atoms with E-state index >= 15 is 0 Å². The standard InChI is InChI=1S/C23H24N4O5/c1-14-12-16(27(31)32)6-7-19(14)26-13-18(17-4-2-3-5-20(17)26)21(23(29)30)25-22(28)15-8-10-24-11-9-15/h2-7,12-13,15,21,24H,8-11H2,1H3,(H,25,28)(H,29,30). The number of nitro groups is 1. The van der Waals surface area contributed by atoms with Crippen LogP contribution in [0.1, 0.15) is 30.0 Å². The number of benzene rings is 2. The molecule has 3 N–H and O–H groups in total. The number of hydrogen-bond acceptors (Lipinski definition) is 5. The van der Waals surface area contributed by atoms with Crippen LogP contribution >= 0.6 is 0 Å². The third-order valence-corrected chi connectivity index (χ3v) is 5.95. The Morgan fingerprint density at radius 1 is 1.22 bits per heavy atom. The summed E-state index contributed by atoms with van der Waals surface area (Å²) in [4.78, 5) is 35.6. The molecule has 0 aliphatic carbocycles. The van der Waals surface area contributed by atoms with E-state index in [2.05, 4.69) is 10.6 Å². The second-order valence-electron chi connectivity index (χ2n) is 8.00. The highest BCUT2D eigenvalue weighted by atomic mass is 16.6. The number of non-ortho nitro benzene ring substituents is 1. The fourth-order valence-electron chi connectivity index (χ4n) is 4.28. The predicted octanol–water partition coefficient (Wildman–Crippen LogP) is 3.09. The van der Waals surface area contributed by atoms with E-state index in [0.29, 0.717) is 35.0 Å². The number of carbonyl (C=O) groups is 2. The molecular formula is C23H24N4O5. The Labute approximate surface area is 184 Å². The lowest BCUT2D eigenvalue weighted by Gasteiger charge is -2.23. The van der Waals surface area contributed by atoms with E-state index in [1.807, 2.05) is 28.8 Å². The van der Waals surface area contributed by atoms with Crippen molar-refractivity contribution in [3.63, 3.8) is 0 Å². The Hall–Kier alpha value is -3.72. The van der Waals surface area contributed by atoms with Gasteiger partial charge in [-0.3, -0.25) is 14.9 Å². The summed E-state index contributed by atoms with van der Waals surface area (Å²) in [6, 6.07) is 10.7. The molecule has 0 radical (unpaired) electrons. The van der Waals surface area contributed by atoms with E-state index < -0.39 is 16.9 Å². The van der Waals surface area contributed by atoms with Crippen LogP contribution < -0.4 is 10.6 Å². The number of nitrogens with zero attached hydrogens (tertiary/aromatic N) is 2. The van der Waals surface area contributed by atoms with Gasteiger partial charge in [-0.15, -0.1) is 0 Å². The first-order valence-corrected chi connectivity index (χ1v) is 10.5. The Kier molecular flexibility index (Phi) is 5.91. The highest BCUT2D eigenvalue weighted by Gasteiger charge is 2.30. The van der Waals surface area contributed by atoms with Crippen molar-refractivity contribution in [3.8, 4) is 5.69 Å². The van der Waals surface area contributed by atoms with Gasteiger partial charge in [0, 0.05) is 40.9 Å². The van der Waals surface area contributed by atoms with Crippen LogP contribution in [0, 0.1) is 23.0 Å². The van der Waals surface area contributed by atoms with E-state index in [1.165, 1.54) is 12.1 Å². The van der Waals surface area contributed by atoms with Crippen LogP contribution in [-0.4, -0.2) is 39.6 Å². The molecule has 1 saturated heterocycles. The average Bonchev–Trinajstić information content (AvgIpc) is 3.16. The van der Waals surface area contributed by atoms with Crippen molar-refractivity contribution in [2.45, 2.75) is 25.8 Å². The summed E-state index contributed by atoms with van der Waals surface area (Å²) in [5.41, 5.74) is 2.58. The molecule has 1 aliphatic rings. The summed E-state index contributed by atoms with van der Waals surface area (Å²) in [7, 11) is 0. The zero-order chi connectivity index (χ0) is 22.8. The second-order valence-corrected chi connectivity index (χ2v) is 8.00. The Balaban J connectivity index is 1.76. The van der Waals surface area contributed by atoms with Crippen molar-refractivity contribution < 1.29 is 19.6 Å². The van der Waals surface area contributed by atoms with Crippen molar-refractivity contribution in [3.05, 3.63) is 69.9 Å². The van der Waals surface area contributed by atoms with E-state index in [4.69, 9.17) is 0 Å². The van der Waals surface area contributed by atoms with Crippen molar-refractivity contribution in [2.24, 2.45) is 5.92 Å². The molecule has 0 saturated carbocycles. The Bertz CT molecular complexity index is 1200. The summed E-state index contributed by atoms with van der Waals surface area (Å²) < 4.78 is 1.82. The lowest BCUT2D eigenvalue weighted by molar-refractivity contribution is -0.384. The molecule has 0 spiro atoms. The zero-order valence-corrected chi connectivity index (χ0v) is 17.6. The lowest BCUT2D eigenvalue weighted by atomic mass is 9.96. The summed E-state index contributed by atoms with van der Waals surface area (Å²) in [6.45, 7) is 3.23. The average molecular weight is 436 g/mol. The third kappa shape index (κ3) is 4.06. The van der Waals surface area contributed by atoms with E-state index in [1.54, 1.807) is 19.2 Å². The van der Waals surface area contributed by atoms with Crippen molar-refractivity contribution in [1.82, 2.24) is 15.2 Å². The molecule has 4 rings (SSSR count). The van der Waals surface area contributed by atoms with Gasteiger partial charge >= 0.3 is 5.97 Å². The maximum absolute atomic E-state index is 12.8. The molecule has 1 amide bonds. The Morgan fingerprint density at radius 3 is 2.59 bits per heavy atom. The van der Waals surface area contributed by atoms with Crippen LogP contribution in [0.15, 0.2) is 48.7 Å². The van der Waals surface area contributed by atoms with Crippen LogP contribution in [0.5, 0.6) is 0 Å². The largest absolute Gasteiger partial charge is 0.479 e. The number of hydrogen-bond donors (Lipinski definition) is 3. The molecule has 1 aliphatic heterocycles. The zero-order valence-electron chi connectivity index (χ0n) is 17.6. The molecule has 166 valence electrons. The van der Waals surface area contributed by atoms with Gasteiger partial charge in [0.2, 0.25) is 5.91 Å². The van der Waals surface area contributed by atoms with Crippen molar-refractivity contribution in [2.75, 3.05) is 13.1 Å². The first kappa shape index (κ1) is 21.5. The van der Waals surface area contributed by atoms with Gasteiger partial charge in [-0.1, -0.05) is 18.2 Å². The second kappa shape index (κ2) is 8.80.